The Bertz CT molecular complexity index is 1650. The lowest BCUT2D eigenvalue weighted by atomic mass is 10.1. The number of carbonyl (C=O) groups is 3. The van der Waals surface area contributed by atoms with E-state index < -0.39 is 6.10 Å². The number of hydrogen-bond donors (Lipinski definition) is 0. The van der Waals surface area contributed by atoms with E-state index in [0.29, 0.717) is 19.3 Å². The summed E-state index contributed by atoms with van der Waals surface area (Å²) in [5.74, 6) is -0.969. The van der Waals surface area contributed by atoms with Gasteiger partial charge in [-0.05, 0) is 128 Å². The molecule has 0 bridgehead atoms. The second-order valence-electron chi connectivity index (χ2n) is 20.5. The van der Waals surface area contributed by atoms with E-state index in [1.54, 1.807) is 0 Å². The molecule has 0 radical (unpaired) electrons. The minimum absolute atomic E-state index is 0.103. The van der Waals surface area contributed by atoms with Crippen molar-refractivity contribution in [2.24, 2.45) is 0 Å². The molecule has 0 aromatic carbocycles. The van der Waals surface area contributed by atoms with Gasteiger partial charge in [-0.15, -0.1) is 0 Å². The van der Waals surface area contributed by atoms with E-state index >= 15 is 0 Å². The average molecular weight is 1070 g/mol. The summed E-state index contributed by atoms with van der Waals surface area (Å²) in [5, 5.41) is 0. The zero-order valence-electron chi connectivity index (χ0n) is 49.9. The molecule has 77 heavy (non-hydrogen) atoms. The van der Waals surface area contributed by atoms with Crippen molar-refractivity contribution in [3.63, 3.8) is 0 Å². The fourth-order valence-electron chi connectivity index (χ4n) is 8.44. The first-order valence-corrected chi connectivity index (χ1v) is 31.7. The Balaban J connectivity index is 4.46. The van der Waals surface area contributed by atoms with Gasteiger partial charge in [-0.3, -0.25) is 14.4 Å². The maximum absolute atomic E-state index is 12.9. The van der Waals surface area contributed by atoms with Gasteiger partial charge in [-0.25, -0.2) is 0 Å². The summed E-state index contributed by atoms with van der Waals surface area (Å²) in [7, 11) is 0. The third kappa shape index (κ3) is 62.3. The molecule has 0 aliphatic heterocycles. The number of rotatable bonds is 56. The molecular formula is C71H116O6. The van der Waals surface area contributed by atoms with E-state index in [9.17, 15) is 14.4 Å². The second kappa shape index (κ2) is 64.1. The van der Waals surface area contributed by atoms with Gasteiger partial charge < -0.3 is 14.2 Å². The predicted molar refractivity (Wildman–Crippen MR) is 334 cm³/mol. The van der Waals surface area contributed by atoms with Crippen LogP contribution in [0.3, 0.4) is 0 Å². The van der Waals surface area contributed by atoms with Crippen LogP contribution in [0.1, 0.15) is 278 Å². The number of hydrogen-bond acceptors (Lipinski definition) is 6. The Kier molecular flexibility index (Phi) is 60.4. The number of carbonyl (C=O) groups excluding carboxylic acids is 3. The van der Waals surface area contributed by atoms with Crippen molar-refractivity contribution in [3.05, 3.63) is 134 Å². The van der Waals surface area contributed by atoms with E-state index in [1.807, 2.05) is 0 Å². The maximum Gasteiger partial charge on any atom is 0.306 e. The van der Waals surface area contributed by atoms with Gasteiger partial charge in [-0.1, -0.05) is 264 Å². The molecular weight excluding hydrogens is 949 g/mol. The van der Waals surface area contributed by atoms with Crippen molar-refractivity contribution >= 4 is 17.9 Å². The van der Waals surface area contributed by atoms with Gasteiger partial charge in [0.15, 0.2) is 6.10 Å². The highest BCUT2D eigenvalue weighted by Gasteiger charge is 2.19. The summed E-state index contributed by atoms with van der Waals surface area (Å²) in [6.45, 7) is 6.35. The van der Waals surface area contributed by atoms with E-state index in [1.165, 1.54) is 122 Å². The first-order valence-electron chi connectivity index (χ1n) is 31.7. The monoisotopic (exact) mass is 1060 g/mol. The lowest BCUT2D eigenvalue weighted by Crippen LogP contribution is -2.30. The van der Waals surface area contributed by atoms with Crippen molar-refractivity contribution in [1.82, 2.24) is 0 Å². The fraction of sp³-hybridized carbons (Fsp3) is 0.648. The van der Waals surface area contributed by atoms with Crippen molar-refractivity contribution < 1.29 is 28.6 Å². The van der Waals surface area contributed by atoms with Crippen LogP contribution in [0.25, 0.3) is 0 Å². The smallest absolute Gasteiger partial charge is 0.306 e. The maximum atomic E-state index is 12.9. The van der Waals surface area contributed by atoms with Gasteiger partial charge in [-0.2, -0.15) is 0 Å². The third-order valence-corrected chi connectivity index (χ3v) is 13.1. The van der Waals surface area contributed by atoms with Crippen LogP contribution in [-0.2, 0) is 28.6 Å². The molecule has 1 atom stereocenters. The Morgan fingerprint density at radius 3 is 0.844 bits per heavy atom. The fourth-order valence-corrected chi connectivity index (χ4v) is 8.44. The Morgan fingerprint density at radius 1 is 0.273 bits per heavy atom. The Morgan fingerprint density at radius 2 is 0.519 bits per heavy atom. The van der Waals surface area contributed by atoms with Crippen LogP contribution >= 0.6 is 0 Å². The number of ether oxygens (including phenoxy) is 3. The molecule has 0 heterocycles. The zero-order chi connectivity index (χ0) is 55.7. The minimum atomic E-state index is -0.811. The molecule has 0 fully saturated rings. The SMILES string of the molecule is CC/C=C\C/C=C\C/C=C\C/C=C\C/C=C\CCCC(=O)OCC(COC(=O)CCCCCCCCCCCC/C=C\C/C=C\C/C=C\C/C=C\CC)OC(=O)CCCCCCCCCCC/C=C\C/C=C\CCCCC. The first kappa shape index (κ1) is 72.5. The molecule has 0 aliphatic rings. The van der Waals surface area contributed by atoms with Gasteiger partial charge in [0, 0.05) is 19.3 Å². The van der Waals surface area contributed by atoms with Crippen molar-refractivity contribution in [2.75, 3.05) is 13.2 Å². The van der Waals surface area contributed by atoms with Crippen molar-refractivity contribution in [3.8, 4) is 0 Å². The van der Waals surface area contributed by atoms with Crippen LogP contribution in [0.5, 0.6) is 0 Å². The molecule has 6 heteroatoms. The Hall–Kier alpha value is -4.45. The summed E-state index contributed by atoms with van der Waals surface area (Å²) in [5.41, 5.74) is 0. The van der Waals surface area contributed by atoms with Crippen LogP contribution < -0.4 is 0 Å². The van der Waals surface area contributed by atoms with Gasteiger partial charge in [0.25, 0.3) is 0 Å². The standard InChI is InChI=1S/C71H116O6/c1-4-7-10-13-16-19-22-25-28-31-33-34-35-36-38-40-43-46-49-52-55-58-61-64-70(73)76-67-68(66-75-69(72)63-60-57-54-51-48-45-42-39-30-27-24-21-18-15-12-9-6-3)77-71(74)65-62-59-56-53-50-47-44-41-37-32-29-26-23-20-17-14-11-8-5-2/h7,9-10,12,16-21,25-30,33-34,42,45,51,54,68H,4-6,8,11,13-15,22-24,31-32,35-41,43-44,46-50,52-53,55-67H2,1-3H3/b10-7-,12-9-,19-16-,20-17-,21-18-,28-25-,29-26-,30-27-,34-33-,45-42-,54-51-. The molecule has 436 valence electrons. The number of allylic oxidation sites excluding steroid dienone is 22. The summed E-state index contributed by atoms with van der Waals surface area (Å²) in [4.78, 5) is 38.3. The second-order valence-corrected chi connectivity index (χ2v) is 20.5. The lowest BCUT2D eigenvalue weighted by molar-refractivity contribution is -0.167. The van der Waals surface area contributed by atoms with Crippen LogP contribution in [0.2, 0.25) is 0 Å². The molecule has 0 aliphatic carbocycles. The van der Waals surface area contributed by atoms with Gasteiger partial charge in [0.2, 0.25) is 0 Å². The summed E-state index contributed by atoms with van der Waals surface area (Å²) < 4.78 is 16.9. The molecule has 0 saturated heterocycles. The molecule has 0 saturated carbocycles. The highest BCUT2D eigenvalue weighted by molar-refractivity contribution is 5.71. The predicted octanol–water partition coefficient (Wildman–Crippen LogP) is 21.8. The molecule has 0 amide bonds. The molecule has 0 N–H and O–H groups in total. The summed E-state index contributed by atoms with van der Waals surface area (Å²) in [6, 6.07) is 0. The normalized spacial score (nSPS) is 13.0. The molecule has 0 spiro atoms. The molecule has 0 rings (SSSR count). The van der Waals surface area contributed by atoms with E-state index in [0.717, 1.165) is 109 Å². The Labute approximate surface area is 475 Å². The molecule has 6 nitrogen and oxygen atoms in total. The van der Waals surface area contributed by atoms with Gasteiger partial charge >= 0.3 is 17.9 Å². The molecule has 1 unspecified atom stereocenters. The number of unbranched alkanes of at least 4 members (excludes halogenated alkanes) is 23. The lowest BCUT2D eigenvalue weighted by Gasteiger charge is -2.18. The average Bonchev–Trinajstić information content (AvgIpc) is 3.43. The van der Waals surface area contributed by atoms with Crippen molar-refractivity contribution in [1.29, 1.82) is 0 Å². The topological polar surface area (TPSA) is 78.9 Å². The quantitative estimate of drug-likeness (QED) is 0.0261. The van der Waals surface area contributed by atoms with Gasteiger partial charge in [0.05, 0.1) is 0 Å². The minimum Gasteiger partial charge on any atom is -0.462 e. The van der Waals surface area contributed by atoms with E-state index in [4.69, 9.17) is 14.2 Å². The summed E-state index contributed by atoms with van der Waals surface area (Å²) in [6.07, 6.45) is 90.2. The highest BCUT2D eigenvalue weighted by Crippen LogP contribution is 2.15. The van der Waals surface area contributed by atoms with Gasteiger partial charge in [0.1, 0.15) is 13.2 Å². The van der Waals surface area contributed by atoms with Crippen LogP contribution in [0.15, 0.2) is 134 Å². The zero-order valence-corrected chi connectivity index (χ0v) is 49.9. The summed E-state index contributed by atoms with van der Waals surface area (Å²) >= 11 is 0. The number of esters is 3. The molecule has 0 aromatic rings. The van der Waals surface area contributed by atoms with E-state index in [2.05, 4.69) is 154 Å². The van der Waals surface area contributed by atoms with E-state index in [-0.39, 0.29) is 37.5 Å². The largest absolute Gasteiger partial charge is 0.462 e. The van der Waals surface area contributed by atoms with Crippen molar-refractivity contribution in [2.45, 2.75) is 284 Å². The van der Waals surface area contributed by atoms with Crippen LogP contribution in [0, 0.1) is 0 Å². The molecule has 0 aromatic heterocycles. The van der Waals surface area contributed by atoms with Crippen LogP contribution in [0.4, 0.5) is 0 Å². The highest BCUT2D eigenvalue weighted by atomic mass is 16.6. The third-order valence-electron chi connectivity index (χ3n) is 13.1. The first-order chi connectivity index (χ1) is 38.0. The van der Waals surface area contributed by atoms with Crippen LogP contribution in [-0.4, -0.2) is 37.2 Å².